The summed E-state index contributed by atoms with van der Waals surface area (Å²) >= 11 is 0. The second-order valence-electron chi connectivity index (χ2n) is 6.52. The highest BCUT2D eigenvalue weighted by Gasteiger charge is 2.43. The van der Waals surface area contributed by atoms with Crippen molar-refractivity contribution in [2.24, 2.45) is 5.41 Å². The first-order valence-electron chi connectivity index (χ1n) is 6.74. The molecule has 3 heterocycles. The number of hydrogen-bond donors (Lipinski definition) is 1. The van der Waals surface area contributed by atoms with Gasteiger partial charge in [-0.25, -0.2) is 0 Å². The molecule has 2 aliphatic rings. The Labute approximate surface area is 117 Å². The van der Waals surface area contributed by atoms with E-state index in [1.165, 1.54) is 6.07 Å². The molecule has 0 aliphatic carbocycles. The highest BCUT2D eigenvalue weighted by molar-refractivity contribution is 5.96. The molecule has 1 N–H and O–H groups in total. The van der Waals surface area contributed by atoms with E-state index < -0.39 is 11.2 Å². The molecule has 0 saturated carbocycles. The maximum atomic E-state index is 12.6. The van der Waals surface area contributed by atoms with Crippen LogP contribution in [0.25, 0.3) is 0 Å². The molecule has 1 saturated heterocycles. The Morgan fingerprint density at radius 1 is 1.30 bits per heavy atom. The van der Waals surface area contributed by atoms with Crippen LogP contribution in [0.5, 0.6) is 5.75 Å². The van der Waals surface area contributed by atoms with Crippen LogP contribution < -0.4 is 5.43 Å². The predicted molar refractivity (Wildman–Crippen MR) is 73.6 cm³/mol. The maximum Gasteiger partial charge on any atom is 0.275 e. The monoisotopic (exact) mass is 277 g/mol. The van der Waals surface area contributed by atoms with Crippen LogP contribution >= 0.6 is 0 Å². The number of pyridine rings is 1. The van der Waals surface area contributed by atoms with Crippen molar-refractivity contribution in [2.45, 2.75) is 26.6 Å². The number of fused-ring (bicyclic) bond motifs is 2. The fraction of sp³-hybridized carbons (Fsp3) is 0.571. The first-order chi connectivity index (χ1) is 9.30. The molecule has 108 valence electrons. The summed E-state index contributed by atoms with van der Waals surface area (Å²) in [4.78, 5) is 28.1. The molecular weight excluding hydrogens is 258 g/mol. The summed E-state index contributed by atoms with van der Waals surface area (Å²) < 4.78 is 1.68. The SMILES string of the molecule is CN1CC(C)(C)CN2C(=O)c3c(O)c(=O)ccn3CC12. The quantitative estimate of drug-likeness (QED) is 0.741. The van der Waals surface area contributed by atoms with Crippen LogP contribution in [-0.4, -0.2) is 51.7 Å². The van der Waals surface area contributed by atoms with Crippen LogP contribution in [0.1, 0.15) is 24.3 Å². The van der Waals surface area contributed by atoms with E-state index in [1.807, 2.05) is 7.05 Å². The molecule has 2 aliphatic heterocycles. The van der Waals surface area contributed by atoms with E-state index in [-0.39, 0.29) is 23.2 Å². The Hall–Kier alpha value is -1.82. The smallest absolute Gasteiger partial charge is 0.275 e. The molecule has 3 rings (SSSR count). The number of hydrogen-bond acceptors (Lipinski definition) is 4. The lowest BCUT2D eigenvalue weighted by atomic mass is 9.88. The van der Waals surface area contributed by atoms with E-state index in [0.29, 0.717) is 13.1 Å². The zero-order valence-corrected chi connectivity index (χ0v) is 12.0. The van der Waals surface area contributed by atoms with Crippen LogP contribution in [0, 0.1) is 5.41 Å². The van der Waals surface area contributed by atoms with Crippen LogP contribution in [0.3, 0.4) is 0 Å². The van der Waals surface area contributed by atoms with E-state index in [4.69, 9.17) is 0 Å². The molecule has 1 unspecified atom stereocenters. The molecule has 0 spiro atoms. The highest BCUT2D eigenvalue weighted by atomic mass is 16.3. The zero-order valence-electron chi connectivity index (χ0n) is 12.0. The van der Waals surface area contributed by atoms with Gasteiger partial charge in [0.2, 0.25) is 5.43 Å². The lowest BCUT2D eigenvalue weighted by Crippen LogP contribution is -2.64. The van der Waals surface area contributed by atoms with E-state index in [9.17, 15) is 14.7 Å². The first-order valence-corrected chi connectivity index (χ1v) is 6.74. The van der Waals surface area contributed by atoms with Crippen molar-refractivity contribution >= 4 is 5.91 Å². The number of aromatic nitrogens is 1. The topological polar surface area (TPSA) is 65.8 Å². The third-order valence-corrected chi connectivity index (χ3v) is 4.12. The van der Waals surface area contributed by atoms with Crippen molar-refractivity contribution < 1.29 is 9.90 Å². The fourth-order valence-corrected chi connectivity index (χ4v) is 3.33. The summed E-state index contributed by atoms with van der Waals surface area (Å²) in [6.45, 7) is 6.33. The largest absolute Gasteiger partial charge is 0.503 e. The normalized spacial score (nSPS) is 25.2. The van der Waals surface area contributed by atoms with E-state index >= 15 is 0 Å². The highest BCUT2D eigenvalue weighted by Crippen LogP contribution is 2.32. The first kappa shape index (κ1) is 13.2. The van der Waals surface area contributed by atoms with Gasteiger partial charge in [0, 0.05) is 25.4 Å². The van der Waals surface area contributed by atoms with Gasteiger partial charge in [0.1, 0.15) is 6.17 Å². The van der Waals surface area contributed by atoms with Crippen molar-refractivity contribution in [3.63, 3.8) is 0 Å². The number of amides is 1. The molecule has 0 radical (unpaired) electrons. The van der Waals surface area contributed by atoms with Gasteiger partial charge in [-0.15, -0.1) is 0 Å². The third kappa shape index (κ3) is 1.83. The minimum atomic E-state index is -0.507. The fourth-order valence-electron chi connectivity index (χ4n) is 3.33. The number of carbonyl (C=O) groups is 1. The van der Waals surface area contributed by atoms with Gasteiger partial charge in [0.25, 0.3) is 5.91 Å². The minimum Gasteiger partial charge on any atom is -0.503 e. The molecule has 20 heavy (non-hydrogen) atoms. The van der Waals surface area contributed by atoms with Crippen LogP contribution in [-0.2, 0) is 6.54 Å². The molecule has 1 fully saturated rings. The average Bonchev–Trinajstić information content (AvgIpc) is 2.34. The summed E-state index contributed by atoms with van der Waals surface area (Å²) in [6.07, 6.45) is 1.56. The number of nitrogens with zero attached hydrogens (tertiary/aromatic N) is 3. The summed E-state index contributed by atoms with van der Waals surface area (Å²) in [5.74, 6) is -0.710. The molecule has 0 aromatic carbocycles. The maximum absolute atomic E-state index is 12.6. The van der Waals surface area contributed by atoms with E-state index in [1.54, 1.807) is 15.7 Å². The molecule has 1 aromatic heterocycles. The molecule has 6 nitrogen and oxygen atoms in total. The van der Waals surface area contributed by atoms with Crippen molar-refractivity contribution in [3.05, 3.63) is 28.2 Å². The molecule has 1 atom stereocenters. The van der Waals surface area contributed by atoms with Crippen LogP contribution in [0.4, 0.5) is 0 Å². The average molecular weight is 277 g/mol. The predicted octanol–water partition coefficient (Wildman–Crippen LogP) is 0.307. The Balaban J connectivity index is 2.10. The van der Waals surface area contributed by atoms with Gasteiger partial charge >= 0.3 is 0 Å². The van der Waals surface area contributed by atoms with Crippen molar-refractivity contribution in [3.8, 4) is 5.75 Å². The Bertz CT molecular complexity index is 635. The number of carbonyl (C=O) groups excluding carboxylic acids is 1. The molecule has 6 heteroatoms. The van der Waals surface area contributed by atoms with Crippen LogP contribution in [0.2, 0.25) is 0 Å². The second kappa shape index (κ2) is 4.09. The van der Waals surface area contributed by atoms with Gasteiger partial charge in [0.15, 0.2) is 11.4 Å². The van der Waals surface area contributed by atoms with Gasteiger partial charge in [-0.3, -0.25) is 14.5 Å². The lowest BCUT2D eigenvalue weighted by Gasteiger charge is -2.51. The Kier molecular flexibility index (Phi) is 2.69. The van der Waals surface area contributed by atoms with Crippen molar-refractivity contribution in [1.82, 2.24) is 14.4 Å². The Morgan fingerprint density at radius 2 is 2.00 bits per heavy atom. The summed E-state index contributed by atoms with van der Waals surface area (Å²) in [7, 11) is 2.00. The summed E-state index contributed by atoms with van der Waals surface area (Å²) in [5, 5.41) is 9.91. The minimum absolute atomic E-state index is 0.00618. The summed E-state index contributed by atoms with van der Waals surface area (Å²) in [6, 6.07) is 1.30. The van der Waals surface area contributed by atoms with E-state index in [2.05, 4.69) is 18.7 Å². The van der Waals surface area contributed by atoms with Crippen molar-refractivity contribution in [2.75, 3.05) is 20.1 Å². The Morgan fingerprint density at radius 3 is 2.70 bits per heavy atom. The zero-order chi connectivity index (χ0) is 14.7. The number of likely N-dealkylation sites (N-methyl/N-ethyl adjacent to an activating group) is 1. The standard InChI is InChI=1S/C14H19N3O3/c1-14(2)7-15(3)10-6-16-5-4-9(18)12(19)11(16)13(20)17(10)8-14/h4-5,10,19H,6-8H2,1-3H3. The van der Waals surface area contributed by atoms with Crippen LogP contribution in [0.15, 0.2) is 17.1 Å². The number of rotatable bonds is 0. The van der Waals surface area contributed by atoms with Gasteiger partial charge in [0.05, 0.1) is 6.54 Å². The van der Waals surface area contributed by atoms with E-state index in [0.717, 1.165) is 6.54 Å². The molecule has 1 amide bonds. The third-order valence-electron chi connectivity index (χ3n) is 4.12. The summed E-state index contributed by atoms with van der Waals surface area (Å²) in [5.41, 5.74) is -0.402. The van der Waals surface area contributed by atoms with Gasteiger partial charge in [-0.1, -0.05) is 13.8 Å². The lowest BCUT2D eigenvalue weighted by molar-refractivity contribution is -0.0412. The van der Waals surface area contributed by atoms with Gasteiger partial charge in [-0.2, -0.15) is 0 Å². The second-order valence-corrected chi connectivity index (χ2v) is 6.52. The van der Waals surface area contributed by atoms with Gasteiger partial charge < -0.3 is 14.6 Å². The molecule has 1 aromatic rings. The molecular formula is C14H19N3O3. The molecule has 0 bridgehead atoms. The van der Waals surface area contributed by atoms with Gasteiger partial charge in [-0.05, 0) is 12.5 Å². The number of aromatic hydroxyl groups is 1. The van der Waals surface area contributed by atoms with Crippen molar-refractivity contribution in [1.29, 1.82) is 0 Å².